The SMILES string of the molecule is Cc1cccnc1-c1nc(C(=O)Nc2cn[nH]c2[C@H]2CCC[C@@H](F)CO2)cs1. The number of aromatic amines is 1. The van der Waals surface area contributed by atoms with Crippen LogP contribution in [0.2, 0.25) is 0 Å². The van der Waals surface area contributed by atoms with Crippen LogP contribution in [0, 0.1) is 6.92 Å². The highest BCUT2D eigenvalue weighted by molar-refractivity contribution is 7.13. The first kappa shape index (κ1) is 18.7. The van der Waals surface area contributed by atoms with Crippen molar-refractivity contribution in [2.24, 2.45) is 0 Å². The topological polar surface area (TPSA) is 92.8 Å². The summed E-state index contributed by atoms with van der Waals surface area (Å²) in [4.78, 5) is 21.4. The number of rotatable bonds is 4. The Hall–Kier alpha value is -2.65. The van der Waals surface area contributed by atoms with Gasteiger partial charge in [-0.05, 0) is 37.8 Å². The number of amides is 1. The van der Waals surface area contributed by atoms with Gasteiger partial charge in [0.1, 0.15) is 28.7 Å². The van der Waals surface area contributed by atoms with Crippen LogP contribution in [0.15, 0.2) is 29.9 Å². The highest BCUT2D eigenvalue weighted by atomic mass is 32.1. The Morgan fingerprint density at radius 1 is 1.43 bits per heavy atom. The van der Waals surface area contributed by atoms with Gasteiger partial charge in [0.2, 0.25) is 0 Å². The van der Waals surface area contributed by atoms with E-state index in [0.29, 0.717) is 34.9 Å². The first-order valence-corrected chi connectivity index (χ1v) is 9.97. The first-order chi connectivity index (χ1) is 13.6. The van der Waals surface area contributed by atoms with E-state index in [1.54, 1.807) is 11.6 Å². The summed E-state index contributed by atoms with van der Waals surface area (Å²) in [7, 11) is 0. The molecule has 146 valence electrons. The second kappa shape index (κ2) is 8.15. The van der Waals surface area contributed by atoms with Crippen LogP contribution in [-0.2, 0) is 4.74 Å². The fourth-order valence-electron chi connectivity index (χ4n) is 3.16. The largest absolute Gasteiger partial charge is 0.369 e. The van der Waals surface area contributed by atoms with E-state index >= 15 is 0 Å². The lowest BCUT2D eigenvalue weighted by atomic mass is 10.1. The molecule has 2 N–H and O–H groups in total. The molecule has 1 aliphatic heterocycles. The van der Waals surface area contributed by atoms with Crippen molar-refractivity contribution < 1.29 is 13.9 Å². The molecule has 0 aliphatic carbocycles. The number of H-pyrrole nitrogens is 1. The van der Waals surface area contributed by atoms with E-state index in [9.17, 15) is 9.18 Å². The van der Waals surface area contributed by atoms with Gasteiger partial charge in [-0.15, -0.1) is 11.3 Å². The number of halogens is 1. The Bertz CT molecular complexity index is 973. The number of thiazole rings is 1. The van der Waals surface area contributed by atoms with Crippen molar-refractivity contribution in [1.29, 1.82) is 0 Å². The fourth-order valence-corrected chi connectivity index (χ4v) is 4.02. The molecule has 1 amide bonds. The quantitative estimate of drug-likeness (QED) is 0.687. The number of nitrogens with one attached hydrogen (secondary N) is 2. The molecule has 0 radical (unpaired) electrons. The lowest BCUT2D eigenvalue weighted by Gasteiger charge is -2.15. The van der Waals surface area contributed by atoms with Crippen molar-refractivity contribution in [2.75, 3.05) is 11.9 Å². The van der Waals surface area contributed by atoms with Crippen LogP contribution >= 0.6 is 11.3 Å². The van der Waals surface area contributed by atoms with Gasteiger partial charge in [0.25, 0.3) is 5.91 Å². The summed E-state index contributed by atoms with van der Waals surface area (Å²) in [5.41, 5.74) is 3.25. The maximum absolute atomic E-state index is 13.5. The number of aromatic nitrogens is 4. The molecular formula is C19H20FN5O2S. The van der Waals surface area contributed by atoms with Gasteiger partial charge in [-0.25, -0.2) is 9.37 Å². The molecule has 0 bridgehead atoms. The molecule has 4 rings (SSSR count). The van der Waals surface area contributed by atoms with Crippen LogP contribution in [0.5, 0.6) is 0 Å². The molecule has 0 unspecified atom stereocenters. The monoisotopic (exact) mass is 401 g/mol. The molecule has 1 fully saturated rings. The Morgan fingerprint density at radius 2 is 2.32 bits per heavy atom. The summed E-state index contributed by atoms with van der Waals surface area (Å²) >= 11 is 1.37. The summed E-state index contributed by atoms with van der Waals surface area (Å²) in [6.45, 7) is 2.01. The zero-order valence-corrected chi connectivity index (χ0v) is 16.1. The molecule has 4 heterocycles. The highest BCUT2D eigenvalue weighted by Gasteiger charge is 2.25. The minimum Gasteiger partial charge on any atom is -0.369 e. The van der Waals surface area contributed by atoms with Gasteiger partial charge in [0.05, 0.1) is 24.2 Å². The molecule has 7 nitrogen and oxygen atoms in total. The third-order valence-corrected chi connectivity index (χ3v) is 5.50. The zero-order valence-electron chi connectivity index (χ0n) is 15.3. The number of alkyl halides is 1. The van der Waals surface area contributed by atoms with Crippen molar-refractivity contribution in [3.63, 3.8) is 0 Å². The van der Waals surface area contributed by atoms with Crippen molar-refractivity contribution in [3.05, 3.63) is 46.9 Å². The van der Waals surface area contributed by atoms with E-state index in [1.165, 1.54) is 17.5 Å². The summed E-state index contributed by atoms with van der Waals surface area (Å²) in [6.07, 6.45) is 3.85. The fraction of sp³-hybridized carbons (Fsp3) is 0.368. The number of anilines is 1. The zero-order chi connectivity index (χ0) is 19.5. The summed E-state index contributed by atoms with van der Waals surface area (Å²) in [5, 5.41) is 12.1. The van der Waals surface area contributed by atoms with E-state index < -0.39 is 6.17 Å². The van der Waals surface area contributed by atoms with Crippen molar-refractivity contribution in [2.45, 2.75) is 38.5 Å². The molecule has 3 aromatic rings. The van der Waals surface area contributed by atoms with Crippen LogP contribution in [0.3, 0.4) is 0 Å². The maximum atomic E-state index is 13.5. The lowest BCUT2D eigenvalue weighted by molar-refractivity contribution is 0.0285. The molecule has 1 aliphatic rings. The first-order valence-electron chi connectivity index (χ1n) is 9.09. The van der Waals surface area contributed by atoms with Crippen LogP contribution in [0.4, 0.5) is 10.1 Å². The molecule has 0 aromatic carbocycles. The van der Waals surface area contributed by atoms with Crippen LogP contribution in [0.25, 0.3) is 10.7 Å². The number of hydrogen-bond donors (Lipinski definition) is 2. The Balaban J connectivity index is 1.49. The Labute approximate surface area is 165 Å². The minimum absolute atomic E-state index is 0.0515. The Morgan fingerprint density at radius 3 is 3.18 bits per heavy atom. The second-order valence-electron chi connectivity index (χ2n) is 6.71. The van der Waals surface area contributed by atoms with E-state index in [1.807, 2.05) is 19.1 Å². The average Bonchev–Trinajstić information content (AvgIpc) is 3.30. The van der Waals surface area contributed by atoms with Gasteiger partial charge in [0.15, 0.2) is 0 Å². The third kappa shape index (κ3) is 3.95. The van der Waals surface area contributed by atoms with Gasteiger partial charge in [-0.2, -0.15) is 5.10 Å². The third-order valence-electron chi connectivity index (χ3n) is 4.65. The van der Waals surface area contributed by atoms with Crippen LogP contribution < -0.4 is 5.32 Å². The number of hydrogen-bond acceptors (Lipinski definition) is 6. The van der Waals surface area contributed by atoms with Crippen molar-refractivity contribution in [3.8, 4) is 10.7 Å². The van der Waals surface area contributed by atoms with Crippen LogP contribution in [0.1, 0.15) is 47.1 Å². The normalized spacial score (nSPS) is 19.9. The minimum atomic E-state index is -0.950. The summed E-state index contributed by atoms with van der Waals surface area (Å²) in [6, 6.07) is 3.82. The average molecular weight is 401 g/mol. The predicted molar refractivity (Wildman–Crippen MR) is 104 cm³/mol. The second-order valence-corrected chi connectivity index (χ2v) is 7.57. The molecule has 1 saturated heterocycles. The van der Waals surface area contributed by atoms with Gasteiger partial charge in [-0.3, -0.25) is 14.9 Å². The van der Waals surface area contributed by atoms with Gasteiger partial charge < -0.3 is 10.1 Å². The molecule has 3 aromatic heterocycles. The smallest absolute Gasteiger partial charge is 0.275 e. The molecule has 0 saturated carbocycles. The highest BCUT2D eigenvalue weighted by Crippen LogP contribution is 2.31. The molecular weight excluding hydrogens is 381 g/mol. The lowest BCUT2D eigenvalue weighted by Crippen LogP contribution is -2.15. The van der Waals surface area contributed by atoms with Crippen molar-refractivity contribution >= 4 is 22.9 Å². The van der Waals surface area contributed by atoms with Gasteiger partial charge >= 0.3 is 0 Å². The number of carbonyl (C=O) groups is 1. The summed E-state index contributed by atoms with van der Waals surface area (Å²) in [5.74, 6) is -0.337. The number of pyridine rings is 1. The van der Waals surface area contributed by atoms with Gasteiger partial charge in [0, 0.05) is 11.6 Å². The standard InChI is InChI=1S/C19H20FN5O2S/c1-11-4-3-7-21-16(11)19-24-14(10-28-19)18(26)23-13-8-22-25-17(13)15-6-2-5-12(20)9-27-15/h3-4,7-8,10,12,15H,2,5-6,9H2,1H3,(H,22,25)(H,23,26)/t12-,15-/m1/s1. The van der Waals surface area contributed by atoms with E-state index in [-0.39, 0.29) is 18.6 Å². The number of nitrogens with zero attached hydrogens (tertiary/aromatic N) is 3. The molecule has 28 heavy (non-hydrogen) atoms. The van der Waals surface area contributed by atoms with E-state index in [4.69, 9.17) is 4.74 Å². The summed E-state index contributed by atoms with van der Waals surface area (Å²) < 4.78 is 19.2. The van der Waals surface area contributed by atoms with E-state index in [2.05, 4.69) is 25.5 Å². The molecule has 9 heteroatoms. The number of ether oxygens (including phenoxy) is 1. The molecule has 0 spiro atoms. The number of aryl methyl sites for hydroxylation is 1. The predicted octanol–water partition coefficient (Wildman–Crippen LogP) is 4.07. The van der Waals surface area contributed by atoms with Gasteiger partial charge in [-0.1, -0.05) is 6.07 Å². The maximum Gasteiger partial charge on any atom is 0.275 e. The van der Waals surface area contributed by atoms with Crippen molar-refractivity contribution in [1.82, 2.24) is 20.2 Å². The van der Waals surface area contributed by atoms with E-state index in [0.717, 1.165) is 17.7 Å². The van der Waals surface area contributed by atoms with Crippen LogP contribution in [-0.4, -0.2) is 38.9 Å². The molecule has 2 atom stereocenters. The number of carbonyl (C=O) groups excluding carboxylic acids is 1. The Kier molecular flexibility index (Phi) is 5.45.